The Kier molecular flexibility index (Phi) is 4.41. The summed E-state index contributed by atoms with van der Waals surface area (Å²) >= 11 is 9.51. The summed E-state index contributed by atoms with van der Waals surface area (Å²) in [6.07, 6.45) is 5.48. The molecule has 118 valence electrons. The molecular formula is C15H13BrClFN5+. The van der Waals surface area contributed by atoms with Crippen LogP contribution >= 0.6 is 27.5 Å². The molecule has 0 aliphatic heterocycles. The standard InChI is InChI=1S/C15H13BrClFN5/c1-3-23-8-10(15(17)21-23)4-9-7-22(2)20-13(9)14-12(16)5-11(18)6-19-14/h5-8H,1,3-4H2,2H3/q+1. The fraction of sp³-hybridized carbons (Fsp3) is 0.200. The molecule has 0 spiro atoms. The lowest BCUT2D eigenvalue weighted by atomic mass is 10.1. The zero-order valence-electron chi connectivity index (χ0n) is 12.3. The summed E-state index contributed by atoms with van der Waals surface area (Å²) in [5.41, 5.74) is 3.07. The largest absolute Gasteiger partial charge is 0.275 e. The van der Waals surface area contributed by atoms with Crippen LogP contribution in [0.1, 0.15) is 11.1 Å². The van der Waals surface area contributed by atoms with Gasteiger partial charge < -0.3 is 0 Å². The first-order chi connectivity index (χ1) is 11.0. The number of hydrogen-bond acceptors (Lipinski definition) is 3. The zero-order valence-corrected chi connectivity index (χ0v) is 14.6. The predicted octanol–water partition coefficient (Wildman–Crippen LogP) is 3.66. The number of rotatable bonds is 4. The van der Waals surface area contributed by atoms with Gasteiger partial charge in [-0.1, -0.05) is 11.6 Å². The fourth-order valence-electron chi connectivity index (χ4n) is 2.33. The summed E-state index contributed by atoms with van der Waals surface area (Å²) in [5, 5.41) is 9.06. The van der Waals surface area contributed by atoms with Gasteiger partial charge in [-0.3, -0.25) is 9.67 Å². The molecule has 0 saturated heterocycles. The number of hydrogen-bond donors (Lipinski definition) is 0. The first kappa shape index (κ1) is 16.0. The van der Waals surface area contributed by atoms with Gasteiger partial charge in [-0.25, -0.2) is 9.07 Å². The average molecular weight is 398 g/mol. The highest BCUT2D eigenvalue weighted by Crippen LogP contribution is 2.30. The van der Waals surface area contributed by atoms with Gasteiger partial charge in [0.25, 0.3) is 0 Å². The lowest BCUT2D eigenvalue weighted by Gasteiger charge is -2.03. The van der Waals surface area contributed by atoms with E-state index in [1.165, 1.54) is 12.3 Å². The molecule has 0 radical (unpaired) electrons. The maximum Gasteiger partial charge on any atom is 0.177 e. The Labute approximate surface area is 146 Å². The highest BCUT2D eigenvalue weighted by molar-refractivity contribution is 9.10. The Bertz CT molecular complexity index is 858. The fourth-order valence-corrected chi connectivity index (χ4v) is 3.05. The van der Waals surface area contributed by atoms with E-state index in [9.17, 15) is 4.39 Å². The van der Waals surface area contributed by atoms with Gasteiger partial charge in [0.05, 0.1) is 13.1 Å². The Morgan fingerprint density at radius 1 is 1.26 bits per heavy atom. The van der Waals surface area contributed by atoms with Crippen LogP contribution in [0.2, 0.25) is 5.15 Å². The first-order valence-electron chi connectivity index (χ1n) is 6.83. The molecule has 0 unspecified atom stereocenters. The van der Waals surface area contributed by atoms with Gasteiger partial charge in [-0.05, 0) is 22.0 Å². The summed E-state index contributed by atoms with van der Waals surface area (Å²) in [6.45, 7) is 4.28. The normalized spacial score (nSPS) is 11.1. The molecule has 3 rings (SSSR count). The highest BCUT2D eigenvalue weighted by Gasteiger charge is 2.17. The molecule has 0 aromatic carbocycles. The van der Waals surface area contributed by atoms with Crippen molar-refractivity contribution in [2.24, 2.45) is 7.05 Å². The van der Waals surface area contributed by atoms with E-state index in [0.29, 0.717) is 34.0 Å². The first-order valence-corrected chi connectivity index (χ1v) is 8.00. The van der Waals surface area contributed by atoms with E-state index in [-0.39, 0.29) is 0 Å². The minimum atomic E-state index is -0.405. The molecule has 0 atom stereocenters. The molecule has 8 heteroatoms. The smallest absolute Gasteiger partial charge is 0.177 e. The number of aryl methyl sites for hydroxylation is 1. The predicted molar refractivity (Wildman–Crippen MR) is 89.5 cm³/mol. The molecule has 3 heterocycles. The topological polar surface area (TPSA) is 48.5 Å². The SMILES string of the molecule is [CH2+]Cn1cc(Cc2cn(C)nc2-c2ncc(F)cc2Br)c(Cl)n1. The van der Waals surface area contributed by atoms with Gasteiger partial charge in [0.2, 0.25) is 0 Å². The van der Waals surface area contributed by atoms with Crippen LogP contribution in [0.4, 0.5) is 4.39 Å². The van der Waals surface area contributed by atoms with Crippen molar-refractivity contribution in [2.75, 3.05) is 0 Å². The van der Waals surface area contributed by atoms with Crippen LogP contribution in [-0.4, -0.2) is 24.5 Å². The molecular weight excluding hydrogens is 385 g/mol. The van der Waals surface area contributed by atoms with Crippen LogP contribution in [0.15, 0.2) is 29.1 Å². The van der Waals surface area contributed by atoms with Gasteiger partial charge in [0.1, 0.15) is 17.2 Å². The van der Waals surface area contributed by atoms with Crippen LogP contribution < -0.4 is 0 Å². The number of aromatic nitrogens is 5. The van der Waals surface area contributed by atoms with Crippen molar-refractivity contribution in [1.29, 1.82) is 0 Å². The van der Waals surface area contributed by atoms with Crippen molar-refractivity contribution in [3.05, 3.63) is 58.2 Å². The van der Waals surface area contributed by atoms with Crippen molar-refractivity contribution in [3.63, 3.8) is 0 Å². The summed E-state index contributed by atoms with van der Waals surface area (Å²) in [4.78, 5) is 4.15. The second kappa shape index (κ2) is 6.33. The van der Waals surface area contributed by atoms with Crippen molar-refractivity contribution in [2.45, 2.75) is 13.0 Å². The Morgan fingerprint density at radius 2 is 2.04 bits per heavy atom. The van der Waals surface area contributed by atoms with E-state index in [1.54, 1.807) is 9.36 Å². The van der Waals surface area contributed by atoms with Gasteiger partial charge in [-0.2, -0.15) is 10.2 Å². The zero-order chi connectivity index (χ0) is 16.6. The lowest BCUT2D eigenvalue weighted by molar-refractivity contribution is 0.620. The van der Waals surface area contributed by atoms with Gasteiger partial charge >= 0.3 is 0 Å². The van der Waals surface area contributed by atoms with Crippen molar-refractivity contribution < 1.29 is 4.39 Å². The second-order valence-electron chi connectivity index (χ2n) is 5.05. The van der Waals surface area contributed by atoms with Crippen molar-refractivity contribution in [1.82, 2.24) is 24.5 Å². The molecule has 0 bridgehead atoms. The third-order valence-corrected chi connectivity index (χ3v) is 4.26. The van der Waals surface area contributed by atoms with Crippen LogP contribution in [-0.2, 0) is 20.0 Å². The quantitative estimate of drug-likeness (QED) is 0.631. The summed E-state index contributed by atoms with van der Waals surface area (Å²) < 4.78 is 17.2. The molecule has 5 nitrogen and oxygen atoms in total. The Morgan fingerprint density at radius 3 is 2.70 bits per heavy atom. The highest BCUT2D eigenvalue weighted by atomic mass is 79.9. The van der Waals surface area contributed by atoms with E-state index in [1.807, 2.05) is 19.4 Å². The van der Waals surface area contributed by atoms with E-state index < -0.39 is 5.82 Å². The van der Waals surface area contributed by atoms with Crippen LogP contribution in [0.3, 0.4) is 0 Å². The molecule has 3 aromatic heterocycles. The summed E-state index contributed by atoms with van der Waals surface area (Å²) in [5.74, 6) is -0.405. The second-order valence-corrected chi connectivity index (χ2v) is 6.26. The Balaban J connectivity index is 2.02. The average Bonchev–Trinajstić information content (AvgIpc) is 3.03. The van der Waals surface area contributed by atoms with Gasteiger partial charge in [0, 0.05) is 41.5 Å². The molecule has 0 aliphatic carbocycles. The van der Waals surface area contributed by atoms with E-state index >= 15 is 0 Å². The minimum absolute atomic E-state index is 0.405. The molecule has 0 saturated carbocycles. The molecule has 0 fully saturated rings. The molecule has 23 heavy (non-hydrogen) atoms. The van der Waals surface area contributed by atoms with Crippen molar-refractivity contribution in [3.8, 4) is 11.4 Å². The van der Waals surface area contributed by atoms with Crippen LogP contribution in [0.5, 0.6) is 0 Å². The molecule has 0 amide bonds. The minimum Gasteiger partial charge on any atom is -0.275 e. The Hall–Kier alpha value is -1.86. The molecule has 0 N–H and O–H groups in total. The van der Waals surface area contributed by atoms with Gasteiger partial charge in [0.15, 0.2) is 11.7 Å². The van der Waals surface area contributed by atoms with Gasteiger partial charge in [-0.15, -0.1) is 0 Å². The lowest BCUT2D eigenvalue weighted by Crippen LogP contribution is -1.94. The maximum atomic E-state index is 13.3. The van der Waals surface area contributed by atoms with E-state index in [2.05, 4.69) is 38.0 Å². The summed E-state index contributed by atoms with van der Waals surface area (Å²) in [7, 11) is 1.82. The molecule has 0 aliphatic rings. The van der Waals surface area contributed by atoms with E-state index in [0.717, 1.165) is 11.1 Å². The number of nitrogens with zero attached hydrogens (tertiary/aromatic N) is 5. The number of pyridine rings is 1. The van der Waals surface area contributed by atoms with Crippen LogP contribution in [0.25, 0.3) is 11.4 Å². The monoisotopic (exact) mass is 396 g/mol. The molecule has 3 aromatic rings. The number of halogens is 3. The van der Waals surface area contributed by atoms with Crippen molar-refractivity contribution >= 4 is 27.5 Å². The van der Waals surface area contributed by atoms with E-state index in [4.69, 9.17) is 11.6 Å². The maximum absolute atomic E-state index is 13.3. The third-order valence-electron chi connectivity index (χ3n) is 3.33. The summed E-state index contributed by atoms with van der Waals surface area (Å²) in [6, 6.07) is 1.37. The van der Waals surface area contributed by atoms with Crippen LogP contribution in [0, 0.1) is 12.7 Å². The third kappa shape index (κ3) is 3.25.